The van der Waals surface area contributed by atoms with Crippen molar-refractivity contribution in [2.75, 3.05) is 39.8 Å². The van der Waals surface area contributed by atoms with Crippen LogP contribution in [0.1, 0.15) is 19.8 Å². The average Bonchev–Trinajstić information content (AvgIpc) is 2.73. The van der Waals surface area contributed by atoms with Crippen LogP contribution in [0, 0.1) is 11.3 Å². The van der Waals surface area contributed by atoms with Crippen LogP contribution in [-0.2, 0) is 9.53 Å². The Labute approximate surface area is 97.3 Å². The van der Waals surface area contributed by atoms with Crippen LogP contribution >= 0.6 is 0 Å². The first-order chi connectivity index (χ1) is 7.72. The Balaban J connectivity index is 2.04. The van der Waals surface area contributed by atoms with Crippen molar-refractivity contribution in [2.45, 2.75) is 19.8 Å². The van der Waals surface area contributed by atoms with Crippen LogP contribution in [0.15, 0.2) is 0 Å². The Morgan fingerprint density at radius 2 is 2.19 bits per heavy atom. The summed E-state index contributed by atoms with van der Waals surface area (Å²) in [6.07, 6.45) is 2.24. The summed E-state index contributed by atoms with van der Waals surface area (Å²) >= 11 is 0. The third kappa shape index (κ3) is 1.96. The van der Waals surface area contributed by atoms with Crippen molar-refractivity contribution in [3.8, 4) is 0 Å². The first kappa shape index (κ1) is 11.9. The highest BCUT2D eigenvalue weighted by Gasteiger charge is 2.48. The van der Waals surface area contributed by atoms with Crippen LogP contribution in [0.25, 0.3) is 0 Å². The van der Waals surface area contributed by atoms with E-state index in [4.69, 9.17) is 4.74 Å². The minimum Gasteiger partial charge on any atom is -0.469 e. The molecule has 0 radical (unpaired) electrons. The third-order valence-corrected chi connectivity index (χ3v) is 4.35. The van der Waals surface area contributed by atoms with Gasteiger partial charge in [0, 0.05) is 13.1 Å². The van der Waals surface area contributed by atoms with Gasteiger partial charge in [-0.15, -0.1) is 0 Å². The minimum atomic E-state index is -0.0325. The molecular weight excluding hydrogens is 204 g/mol. The van der Waals surface area contributed by atoms with Gasteiger partial charge in [-0.1, -0.05) is 6.92 Å². The van der Waals surface area contributed by atoms with Crippen molar-refractivity contribution in [3.63, 3.8) is 0 Å². The molecular formula is C12H22N2O2. The van der Waals surface area contributed by atoms with Gasteiger partial charge in [0.2, 0.25) is 0 Å². The molecule has 2 aliphatic rings. The van der Waals surface area contributed by atoms with Crippen molar-refractivity contribution in [1.82, 2.24) is 10.2 Å². The maximum Gasteiger partial charge on any atom is 0.310 e. The predicted octanol–water partition coefficient (Wildman–Crippen LogP) is 0.481. The summed E-state index contributed by atoms with van der Waals surface area (Å²) in [5.41, 5.74) is 0.165. The molecule has 2 fully saturated rings. The summed E-state index contributed by atoms with van der Waals surface area (Å²) < 4.78 is 4.92. The predicted molar refractivity (Wildman–Crippen MR) is 62.2 cm³/mol. The van der Waals surface area contributed by atoms with Gasteiger partial charge >= 0.3 is 5.97 Å². The van der Waals surface area contributed by atoms with Crippen LogP contribution < -0.4 is 5.32 Å². The molecule has 4 nitrogen and oxygen atoms in total. The van der Waals surface area contributed by atoms with Gasteiger partial charge in [0.15, 0.2) is 0 Å². The number of esters is 1. The molecule has 2 heterocycles. The number of carbonyl (C=O) groups is 1. The zero-order valence-electron chi connectivity index (χ0n) is 10.3. The maximum atomic E-state index is 11.8. The number of nitrogens with zero attached hydrogens (tertiary/aromatic N) is 1. The molecule has 2 rings (SSSR count). The summed E-state index contributed by atoms with van der Waals surface area (Å²) in [6, 6.07) is 0. The Kier molecular flexibility index (Phi) is 3.50. The van der Waals surface area contributed by atoms with E-state index >= 15 is 0 Å². The SMILES string of the molecule is CCN1CCC2(CC1)CNCC2C(=O)OC. The fourth-order valence-electron chi connectivity index (χ4n) is 3.12. The second kappa shape index (κ2) is 4.72. The number of methoxy groups -OCH3 is 1. The lowest BCUT2D eigenvalue weighted by molar-refractivity contribution is -0.149. The van der Waals surface area contributed by atoms with Crippen molar-refractivity contribution < 1.29 is 9.53 Å². The third-order valence-electron chi connectivity index (χ3n) is 4.35. The van der Waals surface area contributed by atoms with Gasteiger partial charge in [-0.3, -0.25) is 4.79 Å². The smallest absolute Gasteiger partial charge is 0.310 e. The Morgan fingerprint density at radius 1 is 1.50 bits per heavy atom. The lowest BCUT2D eigenvalue weighted by Gasteiger charge is -2.41. The molecule has 16 heavy (non-hydrogen) atoms. The number of ether oxygens (including phenoxy) is 1. The van der Waals surface area contributed by atoms with Crippen LogP contribution in [0.4, 0.5) is 0 Å². The molecule has 0 aromatic carbocycles. The molecule has 1 N–H and O–H groups in total. The molecule has 0 saturated carbocycles. The first-order valence-corrected chi connectivity index (χ1v) is 6.23. The van der Waals surface area contributed by atoms with Crippen molar-refractivity contribution in [2.24, 2.45) is 11.3 Å². The van der Waals surface area contributed by atoms with E-state index in [0.29, 0.717) is 0 Å². The van der Waals surface area contributed by atoms with E-state index in [2.05, 4.69) is 17.1 Å². The molecule has 1 spiro atoms. The molecule has 0 amide bonds. The summed E-state index contributed by atoms with van der Waals surface area (Å²) in [7, 11) is 1.50. The first-order valence-electron chi connectivity index (χ1n) is 6.23. The molecule has 0 aliphatic carbocycles. The number of hydrogen-bond acceptors (Lipinski definition) is 4. The van der Waals surface area contributed by atoms with Crippen LogP contribution in [0.2, 0.25) is 0 Å². The Bertz CT molecular complexity index is 260. The van der Waals surface area contributed by atoms with Gasteiger partial charge in [-0.05, 0) is 37.9 Å². The summed E-state index contributed by atoms with van der Waals surface area (Å²) in [5.74, 6) is 0.0338. The van der Waals surface area contributed by atoms with Gasteiger partial charge in [0.25, 0.3) is 0 Å². The molecule has 92 valence electrons. The minimum absolute atomic E-state index is 0.0325. The molecule has 1 unspecified atom stereocenters. The maximum absolute atomic E-state index is 11.8. The zero-order chi connectivity index (χ0) is 11.6. The van der Waals surface area contributed by atoms with Gasteiger partial charge in [-0.25, -0.2) is 0 Å². The van der Waals surface area contributed by atoms with Crippen LogP contribution in [0.3, 0.4) is 0 Å². The van der Waals surface area contributed by atoms with Gasteiger partial charge < -0.3 is 15.0 Å². The van der Waals surface area contributed by atoms with E-state index < -0.39 is 0 Å². The normalized spacial score (nSPS) is 29.5. The Morgan fingerprint density at radius 3 is 2.75 bits per heavy atom. The van der Waals surface area contributed by atoms with E-state index in [-0.39, 0.29) is 17.3 Å². The number of likely N-dealkylation sites (tertiary alicyclic amines) is 1. The van der Waals surface area contributed by atoms with Crippen molar-refractivity contribution >= 4 is 5.97 Å². The molecule has 2 saturated heterocycles. The van der Waals surface area contributed by atoms with Gasteiger partial charge in [-0.2, -0.15) is 0 Å². The standard InChI is InChI=1S/C12H22N2O2/c1-3-14-6-4-12(5-7-14)9-13-8-10(12)11(15)16-2/h10,13H,3-9H2,1-2H3. The molecule has 0 bridgehead atoms. The number of rotatable bonds is 2. The van der Waals surface area contributed by atoms with Crippen molar-refractivity contribution in [3.05, 3.63) is 0 Å². The number of nitrogens with one attached hydrogen (secondary N) is 1. The van der Waals surface area contributed by atoms with E-state index in [1.165, 1.54) is 7.11 Å². The number of piperidine rings is 1. The second-order valence-corrected chi connectivity index (χ2v) is 5.00. The van der Waals surface area contributed by atoms with E-state index in [1.807, 2.05) is 0 Å². The fraction of sp³-hybridized carbons (Fsp3) is 0.917. The monoisotopic (exact) mass is 226 g/mol. The van der Waals surface area contributed by atoms with Crippen LogP contribution in [-0.4, -0.2) is 50.7 Å². The van der Waals surface area contributed by atoms with Crippen LogP contribution in [0.5, 0.6) is 0 Å². The Hall–Kier alpha value is -0.610. The average molecular weight is 226 g/mol. The number of hydrogen-bond donors (Lipinski definition) is 1. The van der Waals surface area contributed by atoms with Crippen molar-refractivity contribution in [1.29, 1.82) is 0 Å². The highest BCUT2D eigenvalue weighted by atomic mass is 16.5. The van der Waals surface area contributed by atoms with E-state index in [9.17, 15) is 4.79 Å². The quantitative estimate of drug-likeness (QED) is 0.695. The van der Waals surface area contributed by atoms with E-state index in [0.717, 1.165) is 45.6 Å². The second-order valence-electron chi connectivity index (χ2n) is 5.00. The molecule has 0 aromatic heterocycles. The van der Waals surface area contributed by atoms with Gasteiger partial charge in [0.1, 0.15) is 0 Å². The molecule has 0 aromatic rings. The summed E-state index contributed by atoms with van der Waals surface area (Å²) in [6.45, 7) is 7.32. The van der Waals surface area contributed by atoms with Gasteiger partial charge in [0.05, 0.1) is 13.0 Å². The molecule has 4 heteroatoms. The summed E-state index contributed by atoms with van der Waals surface area (Å²) in [5, 5.41) is 3.36. The zero-order valence-corrected chi connectivity index (χ0v) is 10.3. The summed E-state index contributed by atoms with van der Waals surface area (Å²) in [4.78, 5) is 14.2. The fourth-order valence-corrected chi connectivity index (χ4v) is 3.12. The number of carbonyl (C=O) groups excluding carboxylic acids is 1. The topological polar surface area (TPSA) is 41.6 Å². The molecule has 1 atom stereocenters. The highest BCUT2D eigenvalue weighted by Crippen LogP contribution is 2.41. The largest absolute Gasteiger partial charge is 0.469 e. The van der Waals surface area contributed by atoms with E-state index in [1.54, 1.807) is 0 Å². The molecule has 2 aliphatic heterocycles. The highest BCUT2D eigenvalue weighted by molar-refractivity contribution is 5.74. The lowest BCUT2D eigenvalue weighted by Crippen LogP contribution is -2.46. The lowest BCUT2D eigenvalue weighted by atomic mass is 9.71.